The number of carbonyl (C=O) groups excluding carboxylic acids is 1. The molecule has 1 aromatic carbocycles. The molecule has 2 rings (SSSR count). The van der Waals surface area contributed by atoms with Crippen LogP contribution in [0.15, 0.2) is 24.4 Å². The van der Waals surface area contributed by atoms with Crippen molar-refractivity contribution in [3.63, 3.8) is 0 Å². The summed E-state index contributed by atoms with van der Waals surface area (Å²) < 4.78 is 23.9. The summed E-state index contributed by atoms with van der Waals surface area (Å²) in [6, 6.07) is 5.05. The van der Waals surface area contributed by atoms with Crippen LogP contribution in [0.3, 0.4) is 0 Å². The molecular weight excluding hydrogens is 228 g/mol. The fourth-order valence-corrected chi connectivity index (χ4v) is 1.59. The SMILES string of the molecule is Nc1ccc2[nH]cc(C(=O)NCC(F)F)c2c1. The van der Waals surface area contributed by atoms with E-state index in [1.807, 2.05) is 0 Å². The summed E-state index contributed by atoms with van der Waals surface area (Å²) >= 11 is 0. The molecular formula is C11H11F2N3O. The summed E-state index contributed by atoms with van der Waals surface area (Å²) in [5.41, 5.74) is 7.17. The molecule has 1 aromatic heterocycles. The van der Waals surface area contributed by atoms with Gasteiger partial charge in [-0.1, -0.05) is 0 Å². The highest BCUT2D eigenvalue weighted by Crippen LogP contribution is 2.20. The van der Waals surface area contributed by atoms with E-state index < -0.39 is 18.9 Å². The zero-order valence-electron chi connectivity index (χ0n) is 8.84. The number of aromatic amines is 1. The molecule has 1 heterocycles. The molecule has 0 saturated carbocycles. The van der Waals surface area contributed by atoms with E-state index in [0.717, 1.165) is 5.52 Å². The van der Waals surface area contributed by atoms with Gasteiger partial charge in [-0.15, -0.1) is 0 Å². The van der Waals surface area contributed by atoms with Crippen LogP contribution in [-0.4, -0.2) is 23.9 Å². The molecule has 0 radical (unpaired) electrons. The first-order chi connectivity index (χ1) is 8.08. The van der Waals surface area contributed by atoms with Crippen molar-refractivity contribution in [3.05, 3.63) is 30.0 Å². The van der Waals surface area contributed by atoms with Crippen molar-refractivity contribution in [2.45, 2.75) is 6.43 Å². The van der Waals surface area contributed by atoms with Crippen LogP contribution in [0.4, 0.5) is 14.5 Å². The van der Waals surface area contributed by atoms with Crippen LogP contribution in [0.1, 0.15) is 10.4 Å². The summed E-state index contributed by atoms with van der Waals surface area (Å²) in [4.78, 5) is 14.5. The molecule has 90 valence electrons. The van der Waals surface area contributed by atoms with Crippen LogP contribution in [-0.2, 0) is 0 Å². The monoisotopic (exact) mass is 239 g/mol. The number of amides is 1. The highest BCUT2D eigenvalue weighted by molar-refractivity contribution is 6.07. The number of aromatic nitrogens is 1. The van der Waals surface area contributed by atoms with E-state index in [0.29, 0.717) is 16.6 Å². The van der Waals surface area contributed by atoms with Crippen molar-refractivity contribution in [2.75, 3.05) is 12.3 Å². The largest absolute Gasteiger partial charge is 0.399 e. The van der Waals surface area contributed by atoms with Gasteiger partial charge in [0.25, 0.3) is 12.3 Å². The van der Waals surface area contributed by atoms with E-state index in [1.165, 1.54) is 6.20 Å². The molecule has 0 saturated heterocycles. The lowest BCUT2D eigenvalue weighted by Gasteiger charge is -2.03. The molecule has 2 aromatic rings. The third-order valence-electron chi connectivity index (χ3n) is 2.37. The number of nitrogen functional groups attached to an aromatic ring is 1. The van der Waals surface area contributed by atoms with Crippen LogP contribution in [0, 0.1) is 0 Å². The first-order valence-electron chi connectivity index (χ1n) is 5.01. The second-order valence-corrected chi connectivity index (χ2v) is 3.61. The summed E-state index contributed by atoms with van der Waals surface area (Å²) in [5, 5.41) is 2.77. The topological polar surface area (TPSA) is 70.9 Å². The average molecular weight is 239 g/mol. The minimum Gasteiger partial charge on any atom is -0.399 e. The molecule has 0 bridgehead atoms. The van der Waals surface area contributed by atoms with Crippen LogP contribution in [0.25, 0.3) is 10.9 Å². The Morgan fingerprint density at radius 1 is 1.47 bits per heavy atom. The predicted molar refractivity (Wildman–Crippen MR) is 61.0 cm³/mol. The molecule has 0 atom stereocenters. The van der Waals surface area contributed by atoms with Crippen LogP contribution in [0.5, 0.6) is 0 Å². The van der Waals surface area contributed by atoms with E-state index >= 15 is 0 Å². The molecule has 0 aliphatic carbocycles. The number of nitrogens with two attached hydrogens (primary N) is 1. The predicted octanol–water partition coefficient (Wildman–Crippen LogP) is 1.75. The fraction of sp³-hybridized carbons (Fsp3) is 0.182. The van der Waals surface area contributed by atoms with Gasteiger partial charge in [-0.05, 0) is 18.2 Å². The maximum atomic E-state index is 12.0. The zero-order valence-corrected chi connectivity index (χ0v) is 8.84. The average Bonchev–Trinajstić information content (AvgIpc) is 2.68. The van der Waals surface area contributed by atoms with Gasteiger partial charge >= 0.3 is 0 Å². The molecule has 4 nitrogen and oxygen atoms in total. The van der Waals surface area contributed by atoms with E-state index in [1.54, 1.807) is 18.2 Å². The van der Waals surface area contributed by atoms with Crippen molar-refractivity contribution < 1.29 is 13.6 Å². The highest BCUT2D eigenvalue weighted by atomic mass is 19.3. The Hall–Kier alpha value is -2.11. The van der Waals surface area contributed by atoms with Gasteiger partial charge in [-0.25, -0.2) is 8.78 Å². The number of rotatable bonds is 3. The van der Waals surface area contributed by atoms with E-state index in [4.69, 9.17) is 5.73 Å². The number of nitrogens with one attached hydrogen (secondary N) is 2. The number of alkyl halides is 2. The highest BCUT2D eigenvalue weighted by Gasteiger charge is 2.13. The lowest BCUT2D eigenvalue weighted by atomic mass is 10.1. The third kappa shape index (κ3) is 2.35. The Balaban J connectivity index is 2.29. The first-order valence-corrected chi connectivity index (χ1v) is 5.01. The maximum Gasteiger partial charge on any atom is 0.255 e. The summed E-state index contributed by atoms with van der Waals surface area (Å²) in [6.07, 6.45) is -1.08. The molecule has 1 amide bonds. The summed E-state index contributed by atoms with van der Waals surface area (Å²) in [5.74, 6) is -0.540. The van der Waals surface area contributed by atoms with Gasteiger partial charge in [0, 0.05) is 22.8 Å². The zero-order chi connectivity index (χ0) is 12.4. The molecule has 0 aliphatic heterocycles. The molecule has 0 fully saturated rings. The normalized spacial score (nSPS) is 11.0. The van der Waals surface area contributed by atoms with Crippen LogP contribution in [0.2, 0.25) is 0 Å². The van der Waals surface area contributed by atoms with E-state index in [2.05, 4.69) is 10.3 Å². The molecule has 0 aliphatic rings. The minimum absolute atomic E-state index is 0.313. The number of benzene rings is 1. The number of H-pyrrole nitrogens is 1. The lowest BCUT2D eigenvalue weighted by Crippen LogP contribution is -2.28. The van der Waals surface area contributed by atoms with Crippen molar-refractivity contribution in [3.8, 4) is 0 Å². The van der Waals surface area contributed by atoms with Gasteiger partial charge in [0.05, 0.1) is 12.1 Å². The van der Waals surface area contributed by atoms with Crippen LogP contribution >= 0.6 is 0 Å². The second-order valence-electron chi connectivity index (χ2n) is 3.61. The van der Waals surface area contributed by atoms with Crippen LogP contribution < -0.4 is 11.1 Å². The Morgan fingerprint density at radius 2 is 2.24 bits per heavy atom. The van der Waals surface area contributed by atoms with E-state index in [-0.39, 0.29) is 0 Å². The Kier molecular flexibility index (Phi) is 2.95. The van der Waals surface area contributed by atoms with Crippen molar-refractivity contribution in [1.29, 1.82) is 0 Å². The number of hydrogen-bond acceptors (Lipinski definition) is 2. The molecule has 4 N–H and O–H groups in total. The van der Waals surface area contributed by atoms with E-state index in [9.17, 15) is 13.6 Å². The number of fused-ring (bicyclic) bond motifs is 1. The van der Waals surface area contributed by atoms with Crippen molar-refractivity contribution >= 4 is 22.5 Å². The Labute approximate surface area is 95.8 Å². The first kappa shape index (κ1) is 11.4. The smallest absolute Gasteiger partial charge is 0.255 e. The lowest BCUT2D eigenvalue weighted by molar-refractivity contribution is 0.0893. The molecule has 0 spiro atoms. The fourth-order valence-electron chi connectivity index (χ4n) is 1.59. The summed E-state index contributed by atoms with van der Waals surface area (Å²) in [7, 11) is 0. The number of anilines is 1. The van der Waals surface area contributed by atoms with Gasteiger partial charge in [-0.3, -0.25) is 4.79 Å². The molecule has 6 heteroatoms. The number of carbonyl (C=O) groups is 1. The van der Waals surface area contributed by atoms with Gasteiger partial charge in [0.1, 0.15) is 0 Å². The van der Waals surface area contributed by atoms with Gasteiger partial charge < -0.3 is 16.0 Å². The molecule has 0 unspecified atom stereocenters. The van der Waals surface area contributed by atoms with Crippen molar-refractivity contribution in [1.82, 2.24) is 10.3 Å². The van der Waals surface area contributed by atoms with Gasteiger partial charge in [0.2, 0.25) is 0 Å². The second kappa shape index (κ2) is 4.40. The quantitative estimate of drug-likeness (QED) is 0.714. The summed E-state index contributed by atoms with van der Waals surface area (Å²) in [6.45, 7) is -0.659. The number of halogens is 2. The standard InChI is InChI=1S/C11H11F2N3O/c12-10(13)5-16-11(17)8-4-15-9-2-1-6(14)3-7(8)9/h1-4,10,15H,5,14H2,(H,16,17). The number of hydrogen-bond donors (Lipinski definition) is 3. The Bertz CT molecular complexity index is 551. The Morgan fingerprint density at radius 3 is 2.94 bits per heavy atom. The maximum absolute atomic E-state index is 12.0. The third-order valence-corrected chi connectivity index (χ3v) is 2.37. The van der Waals surface area contributed by atoms with Gasteiger partial charge in [0.15, 0.2) is 0 Å². The molecule has 17 heavy (non-hydrogen) atoms. The van der Waals surface area contributed by atoms with Gasteiger partial charge in [-0.2, -0.15) is 0 Å². The van der Waals surface area contributed by atoms with Crippen molar-refractivity contribution in [2.24, 2.45) is 0 Å². The minimum atomic E-state index is -2.56.